The molecule has 1 aromatic heterocycles. The smallest absolute Gasteiger partial charge is 0.252 e. The Hall–Kier alpha value is -1.29. The van der Waals surface area contributed by atoms with Crippen molar-refractivity contribution in [2.75, 3.05) is 19.0 Å². The second-order valence-corrected chi connectivity index (χ2v) is 3.15. The monoisotopic (exact) mass is 199 g/mol. The largest absolute Gasteiger partial charge is 0.365 e. The Morgan fingerprint density at radius 3 is 2.62 bits per heavy atom. The molecule has 0 radical (unpaired) electrons. The number of hydrogen-bond acceptors (Lipinski definition) is 3. The first-order valence-electron chi connectivity index (χ1n) is 3.66. The Morgan fingerprint density at radius 2 is 2.15 bits per heavy atom. The van der Waals surface area contributed by atoms with Crippen molar-refractivity contribution in [2.45, 2.75) is 0 Å². The van der Waals surface area contributed by atoms with Gasteiger partial charge >= 0.3 is 0 Å². The van der Waals surface area contributed by atoms with Gasteiger partial charge in [-0.1, -0.05) is 11.6 Å². The van der Waals surface area contributed by atoms with Gasteiger partial charge in [0, 0.05) is 14.1 Å². The molecule has 0 aliphatic rings. The molecule has 0 aromatic carbocycles. The van der Waals surface area contributed by atoms with E-state index in [0.29, 0.717) is 16.5 Å². The van der Waals surface area contributed by atoms with Crippen molar-refractivity contribution >= 4 is 23.3 Å². The molecule has 0 spiro atoms. The van der Waals surface area contributed by atoms with Gasteiger partial charge in [0.1, 0.15) is 11.0 Å². The number of pyridine rings is 1. The Balaban J connectivity index is 3.26. The number of halogens is 1. The van der Waals surface area contributed by atoms with Crippen LogP contribution in [0.2, 0.25) is 5.15 Å². The molecule has 70 valence electrons. The maximum atomic E-state index is 10.9. The predicted octanol–water partition coefficient (Wildman–Crippen LogP) is 0.900. The zero-order valence-corrected chi connectivity index (χ0v) is 8.17. The Morgan fingerprint density at radius 1 is 1.54 bits per heavy atom. The Labute approximate surface area is 81.3 Å². The van der Waals surface area contributed by atoms with Crippen LogP contribution in [0.1, 0.15) is 10.4 Å². The topological polar surface area (TPSA) is 59.2 Å². The first-order valence-corrected chi connectivity index (χ1v) is 4.04. The number of anilines is 1. The third kappa shape index (κ3) is 2.09. The molecule has 0 atom stereocenters. The highest BCUT2D eigenvalue weighted by molar-refractivity contribution is 6.29. The fourth-order valence-corrected chi connectivity index (χ4v) is 1.10. The third-order valence-corrected chi connectivity index (χ3v) is 1.74. The van der Waals surface area contributed by atoms with Gasteiger partial charge in [-0.25, -0.2) is 4.98 Å². The number of hydrogen-bond donors (Lipinski definition) is 1. The third-order valence-electron chi connectivity index (χ3n) is 1.53. The SMILES string of the molecule is CN(C)c1nc(Cl)ccc1C(N)=O. The van der Waals surface area contributed by atoms with E-state index in [4.69, 9.17) is 17.3 Å². The van der Waals surface area contributed by atoms with E-state index in [1.165, 1.54) is 6.07 Å². The van der Waals surface area contributed by atoms with Crippen LogP contribution < -0.4 is 10.6 Å². The van der Waals surface area contributed by atoms with Crippen molar-refractivity contribution in [3.8, 4) is 0 Å². The van der Waals surface area contributed by atoms with Gasteiger partial charge in [-0.05, 0) is 12.1 Å². The molecule has 0 unspecified atom stereocenters. The molecule has 4 nitrogen and oxygen atoms in total. The number of primary amides is 1. The lowest BCUT2D eigenvalue weighted by Gasteiger charge is -2.14. The van der Waals surface area contributed by atoms with Crippen LogP contribution in [-0.2, 0) is 0 Å². The van der Waals surface area contributed by atoms with Crippen LogP contribution in [0.3, 0.4) is 0 Å². The summed E-state index contributed by atoms with van der Waals surface area (Å²) in [5, 5.41) is 0.341. The molecule has 1 rings (SSSR count). The fraction of sp³-hybridized carbons (Fsp3) is 0.250. The van der Waals surface area contributed by atoms with Gasteiger partial charge in [-0.3, -0.25) is 4.79 Å². The van der Waals surface area contributed by atoms with Crippen LogP contribution in [-0.4, -0.2) is 25.0 Å². The van der Waals surface area contributed by atoms with E-state index >= 15 is 0 Å². The van der Waals surface area contributed by atoms with E-state index in [1.807, 2.05) is 0 Å². The summed E-state index contributed by atoms with van der Waals surface area (Å²) in [7, 11) is 3.54. The van der Waals surface area contributed by atoms with E-state index in [-0.39, 0.29) is 0 Å². The van der Waals surface area contributed by atoms with Crippen LogP contribution in [0, 0.1) is 0 Å². The summed E-state index contributed by atoms with van der Waals surface area (Å²) in [5.41, 5.74) is 5.52. The number of nitrogens with zero attached hydrogens (tertiary/aromatic N) is 2. The lowest BCUT2D eigenvalue weighted by atomic mass is 10.2. The number of aromatic nitrogens is 1. The van der Waals surface area contributed by atoms with Gasteiger partial charge in [0.25, 0.3) is 5.91 Å². The molecule has 1 aromatic rings. The molecule has 0 bridgehead atoms. The number of rotatable bonds is 2. The average Bonchev–Trinajstić information content (AvgIpc) is 2.03. The molecule has 2 N–H and O–H groups in total. The minimum Gasteiger partial charge on any atom is -0.365 e. The van der Waals surface area contributed by atoms with Crippen LogP contribution in [0.25, 0.3) is 0 Å². The Kier molecular flexibility index (Phi) is 2.72. The fourth-order valence-electron chi connectivity index (χ4n) is 0.959. The zero-order chi connectivity index (χ0) is 10.0. The lowest BCUT2D eigenvalue weighted by molar-refractivity contribution is 0.100. The van der Waals surface area contributed by atoms with Gasteiger partial charge in [0.15, 0.2) is 0 Å². The van der Waals surface area contributed by atoms with Crippen molar-refractivity contribution < 1.29 is 4.79 Å². The second-order valence-electron chi connectivity index (χ2n) is 2.76. The molecule has 5 heteroatoms. The zero-order valence-electron chi connectivity index (χ0n) is 7.41. The van der Waals surface area contributed by atoms with E-state index in [0.717, 1.165) is 0 Å². The molecule has 0 aliphatic carbocycles. The highest BCUT2D eigenvalue weighted by atomic mass is 35.5. The first kappa shape index (κ1) is 9.80. The second kappa shape index (κ2) is 3.62. The highest BCUT2D eigenvalue weighted by Crippen LogP contribution is 2.17. The summed E-state index contributed by atoms with van der Waals surface area (Å²) in [5.74, 6) is -0.0205. The maximum Gasteiger partial charge on any atom is 0.252 e. The molecule has 1 heterocycles. The molecular weight excluding hydrogens is 190 g/mol. The minimum absolute atomic E-state index is 0.341. The normalized spacial score (nSPS) is 9.77. The van der Waals surface area contributed by atoms with Crippen molar-refractivity contribution in [1.29, 1.82) is 0 Å². The van der Waals surface area contributed by atoms with Crippen molar-refractivity contribution in [3.05, 3.63) is 22.8 Å². The minimum atomic E-state index is -0.507. The predicted molar refractivity (Wildman–Crippen MR) is 52.1 cm³/mol. The van der Waals surface area contributed by atoms with Crippen LogP contribution in [0.4, 0.5) is 5.82 Å². The summed E-state index contributed by atoms with van der Waals surface area (Å²) in [4.78, 5) is 16.6. The van der Waals surface area contributed by atoms with Gasteiger partial charge < -0.3 is 10.6 Å². The number of carbonyl (C=O) groups is 1. The number of nitrogens with two attached hydrogens (primary N) is 1. The van der Waals surface area contributed by atoms with E-state index in [1.54, 1.807) is 25.1 Å². The van der Waals surface area contributed by atoms with Gasteiger partial charge in [-0.15, -0.1) is 0 Å². The summed E-state index contributed by atoms with van der Waals surface area (Å²) >= 11 is 5.68. The van der Waals surface area contributed by atoms with E-state index in [9.17, 15) is 4.79 Å². The summed E-state index contributed by atoms with van der Waals surface area (Å²) in [6, 6.07) is 3.10. The van der Waals surface area contributed by atoms with Crippen LogP contribution in [0.5, 0.6) is 0 Å². The van der Waals surface area contributed by atoms with Crippen LogP contribution >= 0.6 is 11.6 Å². The summed E-state index contributed by atoms with van der Waals surface area (Å²) in [6.45, 7) is 0. The lowest BCUT2D eigenvalue weighted by Crippen LogP contribution is -2.19. The van der Waals surface area contributed by atoms with Crippen LogP contribution in [0.15, 0.2) is 12.1 Å². The maximum absolute atomic E-state index is 10.9. The van der Waals surface area contributed by atoms with E-state index in [2.05, 4.69) is 4.98 Å². The molecule has 13 heavy (non-hydrogen) atoms. The van der Waals surface area contributed by atoms with Gasteiger partial charge in [-0.2, -0.15) is 0 Å². The van der Waals surface area contributed by atoms with Crippen molar-refractivity contribution in [3.63, 3.8) is 0 Å². The highest BCUT2D eigenvalue weighted by Gasteiger charge is 2.11. The molecule has 0 aliphatic heterocycles. The van der Waals surface area contributed by atoms with E-state index < -0.39 is 5.91 Å². The molecular formula is C8H10ClN3O. The standard InChI is InChI=1S/C8H10ClN3O/c1-12(2)8-5(7(10)13)3-4-6(9)11-8/h3-4H,1-2H3,(H2,10,13). The molecule has 1 amide bonds. The van der Waals surface area contributed by atoms with Crippen molar-refractivity contribution in [1.82, 2.24) is 4.98 Å². The Bertz CT molecular complexity index is 338. The number of amides is 1. The van der Waals surface area contributed by atoms with Crippen molar-refractivity contribution in [2.24, 2.45) is 5.73 Å². The van der Waals surface area contributed by atoms with Gasteiger partial charge in [0.2, 0.25) is 0 Å². The molecule has 0 fully saturated rings. The summed E-state index contributed by atoms with van der Waals surface area (Å²) < 4.78 is 0. The molecule has 0 saturated heterocycles. The average molecular weight is 200 g/mol. The first-order chi connectivity index (χ1) is 6.02. The quantitative estimate of drug-likeness (QED) is 0.720. The van der Waals surface area contributed by atoms with Gasteiger partial charge in [0.05, 0.1) is 5.56 Å². The summed E-state index contributed by atoms with van der Waals surface area (Å²) in [6.07, 6.45) is 0. The number of carbonyl (C=O) groups excluding carboxylic acids is 1. The molecule has 0 saturated carbocycles.